The van der Waals surface area contributed by atoms with Crippen molar-refractivity contribution in [3.8, 4) is 0 Å². The number of rotatable bonds is 6. The highest BCUT2D eigenvalue weighted by atomic mass is 32.2. The lowest BCUT2D eigenvalue weighted by Crippen LogP contribution is -2.38. The number of hydrogen-bond donors (Lipinski definition) is 2. The van der Waals surface area contributed by atoms with Gasteiger partial charge in [0.25, 0.3) is 5.91 Å². The Morgan fingerprint density at radius 3 is 2.78 bits per heavy atom. The molecule has 5 nitrogen and oxygen atoms in total. The summed E-state index contributed by atoms with van der Waals surface area (Å²) in [7, 11) is 1.85. The maximum atomic E-state index is 12.8. The fourth-order valence-electron chi connectivity index (χ4n) is 2.60. The van der Waals surface area contributed by atoms with Crippen molar-refractivity contribution in [3.63, 3.8) is 0 Å². The minimum Gasteiger partial charge on any atom is -0.353 e. The molecule has 1 atom stereocenters. The molecule has 2 N–H and O–H groups in total. The van der Waals surface area contributed by atoms with Crippen LogP contribution < -0.4 is 10.6 Å². The van der Waals surface area contributed by atoms with Gasteiger partial charge in [0.2, 0.25) is 5.91 Å². The third kappa shape index (κ3) is 4.97. The van der Waals surface area contributed by atoms with E-state index in [0.717, 1.165) is 24.4 Å². The number of hydrogen-bond acceptors (Lipinski definition) is 4. The Bertz CT molecular complexity index is 557. The fourth-order valence-corrected chi connectivity index (χ4v) is 3.46. The third-order valence-electron chi connectivity index (χ3n) is 3.83. The van der Waals surface area contributed by atoms with E-state index < -0.39 is 0 Å². The lowest BCUT2D eigenvalue weighted by atomic mass is 10.1. The highest BCUT2D eigenvalue weighted by molar-refractivity contribution is 8.00. The smallest absolute Gasteiger partial charge is 0.255 e. The van der Waals surface area contributed by atoms with Crippen molar-refractivity contribution in [1.82, 2.24) is 15.5 Å². The van der Waals surface area contributed by atoms with E-state index in [2.05, 4.69) is 10.6 Å². The zero-order chi connectivity index (χ0) is 16.8. The Morgan fingerprint density at radius 2 is 2.13 bits per heavy atom. The molecule has 1 aromatic rings. The number of thioether (sulfide) groups is 1. The van der Waals surface area contributed by atoms with Crippen LogP contribution in [0.5, 0.6) is 0 Å². The summed E-state index contributed by atoms with van der Waals surface area (Å²) in [5.41, 5.74) is 0.671. The molecule has 0 bridgehead atoms. The quantitative estimate of drug-likeness (QED) is 0.778. The summed E-state index contributed by atoms with van der Waals surface area (Å²) in [5.74, 6) is 0.323. The molecule has 2 amide bonds. The summed E-state index contributed by atoms with van der Waals surface area (Å²) >= 11 is 1.41. The number of carbonyl (C=O) groups is 2. The van der Waals surface area contributed by atoms with Crippen molar-refractivity contribution in [2.45, 2.75) is 37.2 Å². The summed E-state index contributed by atoms with van der Waals surface area (Å²) in [6.07, 6.45) is 0.981. The third-order valence-corrected chi connectivity index (χ3v) is 4.90. The molecule has 0 aliphatic carbocycles. The van der Waals surface area contributed by atoms with Crippen LogP contribution in [0.3, 0.4) is 0 Å². The van der Waals surface area contributed by atoms with Crippen molar-refractivity contribution in [3.05, 3.63) is 29.8 Å². The number of likely N-dealkylation sites (N-methyl/N-ethyl adjacent to an activating group) is 1. The maximum absolute atomic E-state index is 12.8. The molecule has 0 aromatic heterocycles. The lowest BCUT2D eigenvalue weighted by molar-refractivity contribution is -0.119. The van der Waals surface area contributed by atoms with Gasteiger partial charge in [0.15, 0.2) is 0 Å². The van der Waals surface area contributed by atoms with Crippen LogP contribution in [0.1, 0.15) is 30.6 Å². The summed E-state index contributed by atoms with van der Waals surface area (Å²) in [5, 5.41) is 6.15. The second-order valence-electron chi connectivity index (χ2n) is 6.07. The van der Waals surface area contributed by atoms with Gasteiger partial charge < -0.3 is 15.5 Å². The number of benzene rings is 1. The van der Waals surface area contributed by atoms with Gasteiger partial charge in [-0.15, -0.1) is 11.8 Å². The Hall–Kier alpha value is -1.53. The van der Waals surface area contributed by atoms with Crippen LogP contribution in [0.2, 0.25) is 0 Å². The second-order valence-corrected chi connectivity index (χ2v) is 7.09. The monoisotopic (exact) mass is 335 g/mol. The predicted molar refractivity (Wildman–Crippen MR) is 93.8 cm³/mol. The molecule has 1 heterocycles. The van der Waals surface area contributed by atoms with Gasteiger partial charge in [0.1, 0.15) is 0 Å². The summed E-state index contributed by atoms with van der Waals surface area (Å²) in [6, 6.07) is 7.87. The Morgan fingerprint density at radius 1 is 1.39 bits per heavy atom. The largest absolute Gasteiger partial charge is 0.353 e. The zero-order valence-electron chi connectivity index (χ0n) is 14.0. The first kappa shape index (κ1) is 17.8. The van der Waals surface area contributed by atoms with Crippen LogP contribution >= 0.6 is 11.8 Å². The molecular formula is C17H25N3O2S. The molecule has 1 aromatic carbocycles. The molecule has 0 spiro atoms. The average molecular weight is 335 g/mol. The van der Waals surface area contributed by atoms with Crippen LogP contribution in [-0.2, 0) is 4.79 Å². The summed E-state index contributed by atoms with van der Waals surface area (Å²) in [6.45, 7) is 5.66. The number of nitrogens with zero attached hydrogens (tertiary/aromatic N) is 1. The van der Waals surface area contributed by atoms with Gasteiger partial charge in [0.05, 0.1) is 11.3 Å². The van der Waals surface area contributed by atoms with Crippen molar-refractivity contribution in [2.75, 3.05) is 25.9 Å². The Labute approximate surface area is 142 Å². The molecule has 1 unspecified atom stereocenters. The van der Waals surface area contributed by atoms with E-state index in [1.807, 2.05) is 50.1 Å². The van der Waals surface area contributed by atoms with Crippen molar-refractivity contribution in [2.24, 2.45) is 0 Å². The normalized spacial score (nSPS) is 17.3. The number of amides is 2. The minimum atomic E-state index is -0.0133. The second kappa shape index (κ2) is 8.36. The van der Waals surface area contributed by atoms with Crippen LogP contribution in [0.25, 0.3) is 0 Å². The van der Waals surface area contributed by atoms with Gasteiger partial charge in [-0.25, -0.2) is 0 Å². The van der Waals surface area contributed by atoms with Crippen molar-refractivity contribution < 1.29 is 9.59 Å². The van der Waals surface area contributed by atoms with Gasteiger partial charge >= 0.3 is 0 Å². The molecule has 2 rings (SSSR count). The highest BCUT2D eigenvalue weighted by Crippen LogP contribution is 2.24. The topological polar surface area (TPSA) is 61.4 Å². The molecule has 126 valence electrons. The zero-order valence-corrected chi connectivity index (χ0v) is 14.8. The molecule has 1 saturated heterocycles. The maximum Gasteiger partial charge on any atom is 0.255 e. The molecule has 1 aliphatic rings. The summed E-state index contributed by atoms with van der Waals surface area (Å²) < 4.78 is 0. The molecule has 0 radical (unpaired) electrons. The van der Waals surface area contributed by atoms with Gasteiger partial charge in [-0.2, -0.15) is 0 Å². The predicted octanol–water partition coefficient (Wildman–Crippen LogP) is 1.74. The van der Waals surface area contributed by atoms with Gasteiger partial charge in [-0.3, -0.25) is 9.59 Å². The highest BCUT2D eigenvalue weighted by Gasteiger charge is 2.25. The molecule has 1 fully saturated rings. The average Bonchev–Trinajstić information content (AvgIpc) is 3.05. The van der Waals surface area contributed by atoms with E-state index in [1.165, 1.54) is 11.8 Å². The Kier molecular flexibility index (Phi) is 6.47. The van der Waals surface area contributed by atoms with Crippen LogP contribution in [-0.4, -0.2) is 54.7 Å². The van der Waals surface area contributed by atoms with Gasteiger partial charge in [0, 0.05) is 30.6 Å². The number of nitrogens with one attached hydrogen (secondary N) is 2. The van der Waals surface area contributed by atoms with E-state index in [1.54, 1.807) is 0 Å². The van der Waals surface area contributed by atoms with E-state index >= 15 is 0 Å². The molecule has 23 heavy (non-hydrogen) atoms. The first-order chi connectivity index (χ1) is 11.0. The van der Waals surface area contributed by atoms with Gasteiger partial charge in [-0.05, 0) is 38.9 Å². The first-order valence-corrected chi connectivity index (χ1v) is 8.96. The lowest BCUT2D eigenvalue weighted by Gasteiger charge is -2.24. The van der Waals surface area contributed by atoms with Crippen molar-refractivity contribution in [1.29, 1.82) is 0 Å². The molecule has 6 heteroatoms. The summed E-state index contributed by atoms with van der Waals surface area (Å²) in [4.78, 5) is 27.2. The van der Waals surface area contributed by atoms with Crippen LogP contribution in [0.15, 0.2) is 29.2 Å². The van der Waals surface area contributed by atoms with Crippen LogP contribution in [0, 0.1) is 0 Å². The van der Waals surface area contributed by atoms with E-state index in [9.17, 15) is 9.59 Å². The SMILES string of the molecule is CC(C)NC(=O)CSc1ccccc1C(=O)N(C)C1CCNC1. The number of carbonyl (C=O) groups excluding carboxylic acids is 2. The van der Waals surface area contributed by atoms with Gasteiger partial charge in [-0.1, -0.05) is 12.1 Å². The Balaban J connectivity index is 2.04. The van der Waals surface area contributed by atoms with Crippen molar-refractivity contribution >= 4 is 23.6 Å². The first-order valence-electron chi connectivity index (χ1n) is 7.98. The molecular weight excluding hydrogens is 310 g/mol. The van der Waals surface area contributed by atoms with E-state index in [-0.39, 0.29) is 23.9 Å². The van der Waals surface area contributed by atoms with Crippen LogP contribution in [0.4, 0.5) is 0 Å². The molecule has 0 saturated carbocycles. The standard InChI is InChI=1S/C17H25N3O2S/c1-12(2)19-16(21)11-23-15-7-5-4-6-14(15)17(22)20(3)13-8-9-18-10-13/h4-7,12-13,18H,8-11H2,1-3H3,(H,19,21). The van der Waals surface area contributed by atoms with E-state index in [4.69, 9.17) is 0 Å². The van der Waals surface area contributed by atoms with E-state index in [0.29, 0.717) is 11.3 Å². The fraction of sp³-hybridized carbons (Fsp3) is 0.529. The minimum absolute atomic E-state index is 0.0133. The molecule has 1 aliphatic heterocycles.